The van der Waals surface area contributed by atoms with Gasteiger partial charge in [0, 0.05) is 5.56 Å². The molecule has 2 heterocycles. The summed E-state index contributed by atoms with van der Waals surface area (Å²) in [6.07, 6.45) is -2.78. The second-order valence-electron chi connectivity index (χ2n) is 4.75. The third-order valence-electron chi connectivity index (χ3n) is 3.10. The van der Waals surface area contributed by atoms with Gasteiger partial charge in [-0.15, -0.1) is 0 Å². The van der Waals surface area contributed by atoms with Gasteiger partial charge in [0.15, 0.2) is 0 Å². The van der Waals surface area contributed by atoms with Crippen LogP contribution in [0.2, 0.25) is 5.02 Å². The van der Waals surface area contributed by atoms with Crippen LogP contribution >= 0.6 is 47.8 Å². The number of thioether (sulfide) groups is 1. The molecule has 1 aromatic carbocycles. The van der Waals surface area contributed by atoms with Crippen LogP contribution in [0.4, 0.5) is 13.2 Å². The lowest BCUT2D eigenvalue weighted by Gasteiger charge is -2.09. The van der Waals surface area contributed by atoms with Gasteiger partial charge in [0.1, 0.15) is 20.8 Å². The predicted molar refractivity (Wildman–Crippen MR) is 98.1 cm³/mol. The van der Waals surface area contributed by atoms with Gasteiger partial charge in [0.25, 0.3) is 0 Å². The van der Waals surface area contributed by atoms with Crippen molar-refractivity contribution in [3.05, 3.63) is 51.6 Å². The van der Waals surface area contributed by atoms with Crippen LogP contribution < -0.4 is 5.32 Å². The molecule has 1 saturated heterocycles. The molecule has 24 heavy (non-hydrogen) atoms. The van der Waals surface area contributed by atoms with E-state index in [0.29, 0.717) is 20.0 Å². The average molecular weight is 406 g/mol. The minimum absolute atomic E-state index is 0.171. The predicted octanol–water partition coefficient (Wildman–Crippen LogP) is 5.91. The first-order chi connectivity index (χ1) is 11.2. The van der Waals surface area contributed by atoms with Crippen molar-refractivity contribution in [1.29, 1.82) is 0 Å². The van der Waals surface area contributed by atoms with Gasteiger partial charge in [0.2, 0.25) is 0 Å². The number of thiocarbonyl (C=S) groups is 2. The molecule has 0 radical (unpaired) electrons. The summed E-state index contributed by atoms with van der Waals surface area (Å²) in [6, 6.07) is 6.28. The molecule has 1 N–H and O–H groups in total. The zero-order chi connectivity index (χ0) is 17.5. The van der Waals surface area contributed by atoms with Crippen LogP contribution in [0.5, 0.6) is 0 Å². The number of alkyl halides is 3. The highest BCUT2D eigenvalue weighted by Crippen LogP contribution is 2.37. The number of rotatable bonds is 2. The van der Waals surface area contributed by atoms with E-state index in [1.54, 1.807) is 18.2 Å². The zero-order valence-electron chi connectivity index (χ0n) is 11.6. The van der Waals surface area contributed by atoms with Crippen LogP contribution in [0, 0.1) is 0 Å². The SMILES string of the molecule is FC(F)(F)c1ccc(Cl)c(-c2ccc(/C=C3/SC(=S)NC3=S)o2)c1. The van der Waals surface area contributed by atoms with E-state index in [9.17, 15) is 13.2 Å². The third-order valence-corrected chi connectivity index (χ3v) is 5.06. The fourth-order valence-corrected chi connectivity index (χ4v) is 3.68. The van der Waals surface area contributed by atoms with E-state index >= 15 is 0 Å². The summed E-state index contributed by atoms with van der Waals surface area (Å²) in [5, 5.41) is 3.00. The molecule has 1 aliphatic heterocycles. The molecule has 1 aromatic heterocycles. The van der Waals surface area contributed by atoms with Crippen molar-refractivity contribution in [3.8, 4) is 11.3 Å². The third kappa shape index (κ3) is 3.66. The molecule has 3 rings (SSSR count). The monoisotopic (exact) mass is 405 g/mol. The van der Waals surface area contributed by atoms with E-state index in [2.05, 4.69) is 5.32 Å². The number of halogens is 4. The quantitative estimate of drug-likeness (QED) is 0.495. The van der Waals surface area contributed by atoms with Crippen LogP contribution in [0.3, 0.4) is 0 Å². The maximum Gasteiger partial charge on any atom is 0.416 e. The number of nitrogens with one attached hydrogen (secondary N) is 1. The first-order valence-electron chi connectivity index (χ1n) is 6.46. The fourth-order valence-electron chi connectivity index (χ4n) is 2.02. The van der Waals surface area contributed by atoms with Crippen LogP contribution in [0.1, 0.15) is 11.3 Å². The summed E-state index contributed by atoms with van der Waals surface area (Å²) in [5.41, 5.74) is -0.619. The molecule has 0 saturated carbocycles. The molecule has 1 aliphatic rings. The Labute approximate surface area is 155 Å². The van der Waals surface area contributed by atoms with Gasteiger partial charge in [-0.25, -0.2) is 0 Å². The molecule has 0 aliphatic carbocycles. The highest BCUT2D eigenvalue weighted by Gasteiger charge is 2.31. The van der Waals surface area contributed by atoms with Gasteiger partial charge >= 0.3 is 6.18 Å². The Morgan fingerprint density at radius 3 is 2.54 bits per heavy atom. The van der Waals surface area contributed by atoms with Crippen molar-refractivity contribution < 1.29 is 17.6 Å². The first-order valence-corrected chi connectivity index (χ1v) is 8.47. The molecule has 0 unspecified atom stereocenters. The van der Waals surface area contributed by atoms with Crippen LogP contribution in [-0.4, -0.2) is 9.31 Å². The van der Waals surface area contributed by atoms with Crippen molar-refractivity contribution in [3.63, 3.8) is 0 Å². The lowest BCUT2D eigenvalue weighted by Crippen LogP contribution is -2.15. The van der Waals surface area contributed by atoms with E-state index < -0.39 is 11.7 Å². The Kier molecular flexibility index (Phi) is 4.74. The lowest BCUT2D eigenvalue weighted by atomic mass is 10.1. The van der Waals surface area contributed by atoms with Gasteiger partial charge in [-0.2, -0.15) is 13.2 Å². The maximum absolute atomic E-state index is 12.9. The second-order valence-corrected chi connectivity index (χ2v) is 7.28. The van der Waals surface area contributed by atoms with Crippen LogP contribution in [-0.2, 0) is 6.18 Å². The summed E-state index contributed by atoms with van der Waals surface area (Å²) < 4.78 is 44.7. The minimum Gasteiger partial charge on any atom is -0.457 e. The Hall–Kier alpha value is -1.35. The molecule has 2 aromatic rings. The number of hydrogen-bond donors (Lipinski definition) is 1. The van der Waals surface area contributed by atoms with E-state index in [0.717, 1.165) is 12.1 Å². The van der Waals surface area contributed by atoms with Crippen LogP contribution in [0.25, 0.3) is 17.4 Å². The lowest BCUT2D eigenvalue weighted by molar-refractivity contribution is -0.137. The highest BCUT2D eigenvalue weighted by atomic mass is 35.5. The van der Waals surface area contributed by atoms with Gasteiger partial charge in [-0.3, -0.25) is 0 Å². The summed E-state index contributed by atoms with van der Waals surface area (Å²) in [7, 11) is 0. The molecule has 124 valence electrons. The number of hydrogen-bond acceptors (Lipinski definition) is 4. The summed E-state index contributed by atoms with van der Waals surface area (Å²) in [4.78, 5) is 1.20. The number of benzene rings is 1. The van der Waals surface area contributed by atoms with E-state index in [-0.39, 0.29) is 16.3 Å². The molecule has 9 heteroatoms. The molecular weight excluding hydrogens is 399 g/mol. The smallest absolute Gasteiger partial charge is 0.416 e. The molecule has 1 fully saturated rings. The number of furan rings is 1. The van der Waals surface area contributed by atoms with E-state index in [1.807, 2.05) is 0 Å². The summed E-state index contributed by atoms with van der Waals surface area (Å²) in [6.45, 7) is 0. The van der Waals surface area contributed by atoms with E-state index in [1.165, 1.54) is 17.8 Å². The van der Waals surface area contributed by atoms with Gasteiger partial charge in [-0.05, 0) is 36.4 Å². The van der Waals surface area contributed by atoms with Gasteiger partial charge in [0.05, 0.1) is 15.5 Å². The zero-order valence-corrected chi connectivity index (χ0v) is 14.8. The van der Waals surface area contributed by atoms with Gasteiger partial charge < -0.3 is 9.73 Å². The molecular formula is C15H7ClF3NOS3. The molecule has 0 bridgehead atoms. The minimum atomic E-state index is -4.45. The van der Waals surface area contributed by atoms with E-state index in [4.69, 9.17) is 40.5 Å². The summed E-state index contributed by atoms with van der Waals surface area (Å²) in [5.74, 6) is 0.678. The summed E-state index contributed by atoms with van der Waals surface area (Å²) >= 11 is 17.4. The highest BCUT2D eigenvalue weighted by molar-refractivity contribution is 8.27. The topological polar surface area (TPSA) is 25.2 Å². The fraction of sp³-hybridized carbons (Fsp3) is 0.0667. The second kappa shape index (κ2) is 6.51. The largest absolute Gasteiger partial charge is 0.457 e. The van der Waals surface area contributed by atoms with Crippen LogP contribution in [0.15, 0.2) is 39.7 Å². The first kappa shape index (κ1) is 17.5. The normalized spacial score (nSPS) is 16.8. The molecule has 0 atom stereocenters. The van der Waals surface area contributed by atoms with Crippen molar-refractivity contribution in [2.24, 2.45) is 0 Å². The molecule has 2 nitrogen and oxygen atoms in total. The standard InChI is InChI=1S/C15H7ClF3NOS3/c16-10-3-1-7(15(17,18)19)5-9(10)11-4-2-8(21-11)6-12-13(22)20-14(23)24-12/h1-6H,(H,20,22,23)/b12-6+. The Morgan fingerprint density at radius 1 is 1.17 bits per heavy atom. The Morgan fingerprint density at radius 2 is 1.92 bits per heavy atom. The van der Waals surface area contributed by atoms with Crippen molar-refractivity contribution in [1.82, 2.24) is 5.32 Å². The Balaban J connectivity index is 1.95. The Bertz CT molecular complexity index is 873. The average Bonchev–Trinajstić information content (AvgIpc) is 3.05. The maximum atomic E-state index is 12.9. The van der Waals surface area contributed by atoms with Crippen molar-refractivity contribution in [2.75, 3.05) is 0 Å². The molecule has 0 amide bonds. The van der Waals surface area contributed by atoms with Crippen molar-refractivity contribution >= 4 is 63.2 Å². The van der Waals surface area contributed by atoms with Crippen molar-refractivity contribution in [2.45, 2.75) is 6.18 Å². The molecule has 0 spiro atoms. The van der Waals surface area contributed by atoms with Gasteiger partial charge in [-0.1, -0.05) is 47.8 Å².